The summed E-state index contributed by atoms with van der Waals surface area (Å²) in [5.74, 6) is -0.544. The molecule has 0 heterocycles. The Labute approximate surface area is 638 Å². The van der Waals surface area contributed by atoms with Crippen molar-refractivity contribution in [1.82, 2.24) is 0 Å². The Bertz CT molecular complexity index is 2000. The van der Waals surface area contributed by atoms with E-state index in [2.05, 4.69) is 41.5 Å². The van der Waals surface area contributed by atoms with Crippen molar-refractivity contribution in [2.45, 2.75) is 471 Å². The van der Waals surface area contributed by atoms with E-state index in [0.29, 0.717) is 25.7 Å². The molecule has 17 nitrogen and oxygen atoms in total. The highest BCUT2D eigenvalue weighted by atomic mass is 31.2. The van der Waals surface area contributed by atoms with Gasteiger partial charge in [0.25, 0.3) is 0 Å². The molecule has 0 aromatic carbocycles. The predicted molar refractivity (Wildman–Crippen MR) is 428 cm³/mol. The highest BCUT2D eigenvalue weighted by Crippen LogP contribution is 2.45. The van der Waals surface area contributed by atoms with Crippen LogP contribution in [-0.4, -0.2) is 96.7 Å². The Balaban J connectivity index is 5.24. The number of unbranched alkanes of at least 4 members (excludes halogenated alkanes) is 53. The lowest BCUT2D eigenvalue weighted by molar-refractivity contribution is -0.161. The van der Waals surface area contributed by atoms with E-state index in [-0.39, 0.29) is 25.7 Å². The average molecular weight is 1520 g/mol. The highest BCUT2D eigenvalue weighted by Gasteiger charge is 2.30. The molecule has 0 saturated heterocycles. The number of phosphoric acid groups is 2. The van der Waals surface area contributed by atoms with Crippen LogP contribution in [0, 0.1) is 11.8 Å². The van der Waals surface area contributed by atoms with Gasteiger partial charge in [-0.1, -0.05) is 401 Å². The van der Waals surface area contributed by atoms with Gasteiger partial charge >= 0.3 is 39.5 Å². The number of aliphatic hydroxyl groups is 1. The van der Waals surface area contributed by atoms with Crippen LogP contribution in [0.4, 0.5) is 0 Å². The highest BCUT2D eigenvalue weighted by molar-refractivity contribution is 7.47. The van der Waals surface area contributed by atoms with Crippen LogP contribution in [-0.2, 0) is 65.4 Å². The fourth-order valence-electron chi connectivity index (χ4n) is 13.2. The van der Waals surface area contributed by atoms with Crippen molar-refractivity contribution in [1.29, 1.82) is 0 Å². The van der Waals surface area contributed by atoms with Crippen molar-refractivity contribution in [3.05, 3.63) is 0 Å². The molecule has 3 unspecified atom stereocenters. The van der Waals surface area contributed by atoms with Crippen molar-refractivity contribution in [3.63, 3.8) is 0 Å². The third-order valence-corrected chi connectivity index (χ3v) is 22.2. The lowest BCUT2D eigenvalue weighted by atomic mass is 9.99. The first kappa shape index (κ1) is 102. The first-order chi connectivity index (χ1) is 50.4. The van der Waals surface area contributed by atoms with Gasteiger partial charge < -0.3 is 33.8 Å². The van der Waals surface area contributed by atoms with E-state index in [1.165, 1.54) is 270 Å². The number of hydrogen-bond donors (Lipinski definition) is 3. The van der Waals surface area contributed by atoms with E-state index in [9.17, 15) is 43.2 Å². The smallest absolute Gasteiger partial charge is 0.462 e. The molecule has 3 N–H and O–H groups in total. The fourth-order valence-corrected chi connectivity index (χ4v) is 14.8. The predicted octanol–water partition coefficient (Wildman–Crippen LogP) is 25.8. The summed E-state index contributed by atoms with van der Waals surface area (Å²) >= 11 is 0. The second kappa shape index (κ2) is 76.4. The van der Waals surface area contributed by atoms with Gasteiger partial charge in [0.15, 0.2) is 12.2 Å². The molecule has 19 heteroatoms. The molecule has 0 bridgehead atoms. The molecular weight excluding hydrogens is 1350 g/mol. The van der Waals surface area contributed by atoms with Gasteiger partial charge in [0.2, 0.25) is 0 Å². The van der Waals surface area contributed by atoms with Crippen LogP contribution in [0.15, 0.2) is 0 Å². The van der Waals surface area contributed by atoms with Crippen LogP contribution in [0.2, 0.25) is 0 Å². The molecule has 0 radical (unpaired) electrons. The topological polar surface area (TPSA) is 237 Å². The summed E-state index contributed by atoms with van der Waals surface area (Å²) in [7, 11) is -9.93. The molecule has 0 fully saturated rings. The zero-order valence-electron chi connectivity index (χ0n) is 68.3. The zero-order valence-corrected chi connectivity index (χ0v) is 70.1. The van der Waals surface area contributed by atoms with Gasteiger partial charge in [-0.3, -0.25) is 37.3 Å². The van der Waals surface area contributed by atoms with E-state index in [1.54, 1.807) is 0 Å². The van der Waals surface area contributed by atoms with Gasteiger partial charge in [-0.15, -0.1) is 0 Å². The maximum Gasteiger partial charge on any atom is 0.472 e. The number of carbonyl (C=O) groups excluding carboxylic acids is 4. The zero-order chi connectivity index (χ0) is 76.4. The molecule has 0 amide bonds. The molecule has 0 saturated carbocycles. The molecule has 0 aromatic heterocycles. The summed E-state index contributed by atoms with van der Waals surface area (Å²) in [4.78, 5) is 73.2. The molecule has 0 aliphatic carbocycles. The number of hydrogen-bond acceptors (Lipinski definition) is 15. The summed E-state index contributed by atoms with van der Waals surface area (Å²) in [5, 5.41) is 10.7. The van der Waals surface area contributed by atoms with Gasteiger partial charge in [0.1, 0.15) is 19.3 Å². The lowest BCUT2D eigenvalue weighted by Crippen LogP contribution is -2.30. The van der Waals surface area contributed by atoms with E-state index in [4.69, 9.17) is 37.0 Å². The monoisotopic (exact) mass is 1520 g/mol. The molecule has 0 aliphatic heterocycles. The van der Waals surface area contributed by atoms with E-state index < -0.39 is 97.5 Å². The number of rotatable bonds is 84. The first-order valence-corrected chi connectivity index (χ1v) is 47.0. The summed E-state index contributed by atoms with van der Waals surface area (Å²) in [5.41, 5.74) is 0. The maximum absolute atomic E-state index is 13.1. The molecule has 104 heavy (non-hydrogen) atoms. The van der Waals surface area contributed by atoms with E-state index in [1.807, 2.05) is 0 Å². The van der Waals surface area contributed by atoms with Crippen LogP contribution in [0.5, 0.6) is 0 Å². The normalized spacial score (nSPS) is 14.1. The molecular formula is C85H166O17P2. The quantitative estimate of drug-likeness (QED) is 0.0222. The standard InChI is InChI=1S/C85H166O17P2/c1-7-10-12-14-16-18-20-22-24-25-26-27-28-29-30-32-34-40-44-52-58-64-70-84(89)101-80(73-95-82(87)67-61-55-49-42-38-36-35-37-41-47-53-59-65-77(4)5)75-99-103(91,92)97-71-79(86)72-98-104(93,94)100-76-81(74-96-83(88)68-62-56-50-46-45-48-54-60-66-78(6)9-3)102-85(90)69-63-57-51-43-39-33-31-23-21-19-17-15-13-11-8-2/h77-81,86H,7-76H2,1-6H3,(H,91,92)(H,93,94)/t78?,79-,80-,81-/m1/s1. The largest absolute Gasteiger partial charge is 0.472 e. The van der Waals surface area contributed by atoms with E-state index in [0.717, 1.165) is 102 Å². The van der Waals surface area contributed by atoms with Crippen LogP contribution in [0.3, 0.4) is 0 Å². The second-order valence-corrected chi connectivity index (χ2v) is 34.2. The van der Waals surface area contributed by atoms with Crippen molar-refractivity contribution in [2.75, 3.05) is 39.6 Å². The molecule has 0 rings (SSSR count). The van der Waals surface area contributed by atoms with Gasteiger partial charge in [-0.25, -0.2) is 9.13 Å². The third-order valence-electron chi connectivity index (χ3n) is 20.3. The van der Waals surface area contributed by atoms with Gasteiger partial charge in [-0.05, 0) is 37.5 Å². The van der Waals surface area contributed by atoms with Crippen LogP contribution >= 0.6 is 15.6 Å². The van der Waals surface area contributed by atoms with Gasteiger partial charge in [0, 0.05) is 25.7 Å². The van der Waals surface area contributed by atoms with E-state index >= 15 is 0 Å². The number of ether oxygens (including phenoxy) is 4. The van der Waals surface area contributed by atoms with Crippen LogP contribution in [0.1, 0.15) is 452 Å². The molecule has 0 aromatic rings. The van der Waals surface area contributed by atoms with Crippen molar-refractivity contribution >= 4 is 39.5 Å². The van der Waals surface area contributed by atoms with Crippen molar-refractivity contribution in [2.24, 2.45) is 11.8 Å². The molecule has 618 valence electrons. The number of carbonyl (C=O) groups is 4. The van der Waals surface area contributed by atoms with Crippen molar-refractivity contribution < 1.29 is 80.2 Å². The second-order valence-electron chi connectivity index (χ2n) is 31.3. The first-order valence-electron chi connectivity index (χ1n) is 44.0. The summed E-state index contributed by atoms with van der Waals surface area (Å²) in [6.07, 6.45) is 68.0. The minimum Gasteiger partial charge on any atom is -0.462 e. The summed E-state index contributed by atoms with van der Waals surface area (Å²) < 4.78 is 68.9. The summed E-state index contributed by atoms with van der Waals surface area (Å²) in [6, 6.07) is 0. The van der Waals surface area contributed by atoms with Crippen LogP contribution in [0.25, 0.3) is 0 Å². The Morgan fingerprint density at radius 2 is 0.490 bits per heavy atom. The Kier molecular flexibility index (Phi) is 75.0. The number of aliphatic hydroxyl groups excluding tert-OH is 1. The Hall–Kier alpha value is -1.94. The molecule has 6 atom stereocenters. The fraction of sp³-hybridized carbons (Fsp3) is 0.953. The van der Waals surface area contributed by atoms with Crippen molar-refractivity contribution in [3.8, 4) is 0 Å². The Morgan fingerprint density at radius 1 is 0.279 bits per heavy atom. The minimum atomic E-state index is -4.96. The molecule has 0 aliphatic rings. The Morgan fingerprint density at radius 3 is 0.731 bits per heavy atom. The maximum atomic E-state index is 13.1. The van der Waals surface area contributed by atoms with Gasteiger partial charge in [0.05, 0.1) is 26.4 Å². The minimum absolute atomic E-state index is 0.108. The SMILES string of the molecule is CCCCCCCCCCCCCCCCCCCCCCCCC(=O)O[C@H](COC(=O)CCCCCCCCCCCCCCC(C)C)COP(=O)(O)OC[C@@H](O)COP(=O)(O)OC[C@@H](COC(=O)CCCCCCCCCCC(C)CC)OC(=O)CCCCCCCCCCCCCCCCC. The number of esters is 4. The summed E-state index contributed by atoms with van der Waals surface area (Å²) in [6.45, 7) is 9.68. The van der Waals surface area contributed by atoms with Crippen LogP contribution < -0.4 is 0 Å². The lowest BCUT2D eigenvalue weighted by Gasteiger charge is -2.21. The third kappa shape index (κ3) is 76.8. The average Bonchev–Trinajstić information content (AvgIpc) is 0.919. The van der Waals surface area contributed by atoms with Gasteiger partial charge in [-0.2, -0.15) is 0 Å². The molecule has 0 spiro atoms. The number of phosphoric ester groups is 2.